The molecular weight excluding hydrogens is 464 g/mol. The number of pyridine rings is 2. The maximum atomic E-state index is 4.88. The van der Waals surface area contributed by atoms with Crippen LogP contribution in [-0.4, -0.2) is 9.97 Å². The zero-order valence-corrected chi connectivity index (χ0v) is 20.6. The van der Waals surface area contributed by atoms with Crippen LogP contribution in [-0.2, 0) is 13.1 Å². The molecule has 0 aliphatic carbocycles. The van der Waals surface area contributed by atoms with E-state index < -0.39 is 0 Å². The summed E-state index contributed by atoms with van der Waals surface area (Å²) in [5.41, 5.74) is 9.49. The highest BCUT2D eigenvalue weighted by molar-refractivity contribution is 6.14. The fourth-order valence-corrected chi connectivity index (χ4v) is 6.72. The van der Waals surface area contributed by atoms with Crippen LogP contribution < -0.4 is 9.80 Å². The first-order valence-corrected chi connectivity index (χ1v) is 13.1. The van der Waals surface area contributed by atoms with Crippen molar-refractivity contribution in [2.45, 2.75) is 13.1 Å². The first-order chi connectivity index (χ1) is 18.8. The zero-order valence-electron chi connectivity index (χ0n) is 20.6. The van der Waals surface area contributed by atoms with E-state index in [1.165, 1.54) is 55.4 Å². The van der Waals surface area contributed by atoms with E-state index in [4.69, 9.17) is 9.97 Å². The van der Waals surface area contributed by atoms with Crippen LogP contribution in [0, 0.1) is 0 Å². The quantitative estimate of drug-likeness (QED) is 0.230. The summed E-state index contributed by atoms with van der Waals surface area (Å²) in [7, 11) is 0. The van der Waals surface area contributed by atoms with Gasteiger partial charge in [0.05, 0.1) is 22.4 Å². The summed E-state index contributed by atoms with van der Waals surface area (Å²) in [6.07, 6.45) is 3.86. The van der Waals surface area contributed by atoms with Gasteiger partial charge in [-0.1, -0.05) is 60.7 Å². The van der Waals surface area contributed by atoms with Crippen LogP contribution in [0.15, 0.2) is 109 Å². The SMILES string of the molecule is c1cc2c3c(cccc3c1)N(c1ccnc3c1ccc1c(N4Cc5cccc6cccc4c56)ccnc13)C2. The van der Waals surface area contributed by atoms with Crippen molar-refractivity contribution in [1.82, 2.24) is 9.97 Å². The van der Waals surface area contributed by atoms with Crippen LogP contribution >= 0.6 is 0 Å². The number of aromatic nitrogens is 2. The Morgan fingerprint density at radius 2 is 0.895 bits per heavy atom. The topological polar surface area (TPSA) is 32.3 Å². The third-order valence-corrected chi connectivity index (χ3v) is 8.33. The Balaban J connectivity index is 1.23. The van der Waals surface area contributed by atoms with E-state index in [0.29, 0.717) is 0 Å². The van der Waals surface area contributed by atoms with E-state index in [0.717, 1.165) is 34.9 Å². The van der Waals surface area contributed by atoms with Crippen molar-refractivity contribution >= 4 is 66.1 Å². The van der Waals surface area contributed by atoms with Crippen LogP contribution in [0.4, 0.5) is 22.7 Å². The molecule has 0 atom stereocenters. The van der Waals surface area contributed by atoms with E-state index in [9.17, 15) is 0 Å². The number of hydrogen-bond acceptors (Lipinski definition) is 4. The minimum atomic E-state index is 0.858. The van der Waals surface area contributed by atoms with Gasteiger partial charge in [0.2, 0.25) is 0 Å². The van der Waals surface area contributed by atoms with Gasteiger partial charge in [0.15, 0.2) is 0 Å². The van der Waals surface area contributed by atoms with Gasteiger partial charge in [0.1, 0.15) is 0 Å². The summed E-state index contributed by atoms with van der Waals surface area (Å²) < 4.78 is 0. The van der Waals surface area contributed by atoms with Crippen molar-refractivity contribution in [3.05, 3.63) is 121 Å². The highest BCUT2D eigenvalue weighted by atomic mass is 15.2. The lowest BCUT2D eigenvalue weighted by Gasteiger charge is -2.23. The lowest BCUT2D eigenvalue weighted by atomic mass is 10.1. The Hall–Kier alpha value is -4.96. The van der Waals surface area contributed by atoms with Gasteiger partial charge in [0, 0.05) is 58.4 Å². The molecule has 4 heteroatoms. The molecule has 5 aromatic carbocycles. The van der Waals surface area contributed by atoms with Crippen molar-refractivity contribution in [2.24, 2.45) is 0 Å². The molecule has 0 spiro atoms. The van der Waals surface area contributed by atoms with E-state index in [1.54, 1.807) is 0 Å². The van der Waals surface area contributed by atoms with Crippen molar-refractivity contribution in [3.63, 3.8) is 0 Å². The first-order valence-electron chi connectivity index (χ1n) is 13.1. The largest absolute Gasteiger partial charge is 0.336 e. The Bertz CT molecular complexity index is 1950. The fraction of sp³-hybridized carbons (Fsp3) is 0.0588. The fourth-order valence-electron chi connectivity index (χ4n) is 6.72. The molecule has 38 heavy (non-hydrogen) atoms. The maximum Gasteiger partial charge on any atom is 0.0986 e. The molecule has 0 saturated heterocycles. The molecule has 0 amide bonds. The van der Waals surface area contributed by atoms with Crippen molar-refractivity contribution in [3.8, 4) is 0 Å². The van der Waals surface area contributed by atoms with E-state index in [-0.39, 0.29) is 0 Å². The predicted octanol–water partition coefficient (Wildman–Crippen LogP) is 8.39. The second-order valence-corrected chi connectivity index (χ2v) is 10.3. The van der Waals surface area contributed by atoms with Gasteiger partial charge in [-0.3, -0.25) is 9.97 Å². The third-order valence-electron chi connectivity index (χ3n) is 8.33. The molecule has 2 aliphatic rings. The number of nitrogens with zero attached hydrogens (tertiary/aromatic N) is 4. The number of benzene rings is 5. The minimum Gasteiger partial charge on any atom is -0.336 e. The Morgan fingerprint density at radius 3 is 1.37 bits per heavy atom. The maximum absolute atomic E-state index is 4.88. The average Bonchev–Trinajstić information content (AvgIpc) is 3.54. The Kier molecular flexibility index (Phi) is 3.87. The molecule has 0 radical (unpaired) electrons. The van der Waals surface area contributed by atoms with Crippen LogP contribution in [0.5, 0.6) is 0 Å². The number of hydrogen-bond donors (Lipinski definition) is 0. The molecule has 2 aliphatic heterocycles. The van der Waals surface area contributed by atoms with Gasteiger partial charge in [0.25, 0.3) is 0 Å². The third kappa shape index (κ3) is 2.59. The molecule has 0 unspecified atom stereocenters. The Morgan fingerprint density at radius 1 is 0.447 bits per heavy atom. The van der Waals surface area contributed by atoms with E-state index in [1.807, 2.05) is 12.4 Å². The van der Waals surface area contributed by atoms with Gasteiger partial charge >= 0.3 is 0 Å². The van der Waals surface area contributed by atoms with Gasteiger partial charge in [-0.05, 0) is 58.3 Å². The van der Waals surface area contributed by atoms with Crippen molar-refractivity contribution < 1.29 is 0 Å². The van der Waals surface area contributed by atoms with Gasteiger partial charge < -0.3 is 9.80 Å². The molecule has 4 nitrogen and oxygen atoms in total. The van der Waals surface area contributed by atoms with Gasteiger partial charge in [-0.2, -0.15) is 0 Å². The Labute approximate surface area is 219 Å². The molecule has 0 fully saturated rings. The summed E-state index contributed by atoms with van der Waals surface area (Å²) in [5.74, 6) is 0. The van der Waals surface area contributed by atoms with E-state index in [2.05, 4.69) is 107 Å². The number of anilines is 4. The summed E-state index contributed by atoms with van der Waals surface area (Å²) in [6, 6.07) is 35.1. The standard InChI is InChI=1S/C34H22N4/c1-5-21-7-3-11-29-31(21)23(9-1)19-37(29)27-15-17-35-33-25(27)13-14-26-28(16-18-36-34(26)33)38-20-24-10-2-6-22-8-4-12-30(38)32(22)24/h1-18H,19-20H2. The second kappa shape index (κ2) is 7.30. The molecule has 9 rings (SSSR count). The van der Waals surface area contributed by atoms with Gasteiger partial charge in [-0.25, -0.2) is 0 Å². The van der Waals surface area contributed by atoms with Crippen molar-refractivity contribution in [2.75, 3.05) is 9.80 Å². The summed E-state index contributed by atoms with van der Waals surface area (Å²) >= 11 is 0. The monoisotopic (exact) mass is 486 g/mol. The van der Waals surface area contributed by atoms with Gasteiger partial charge in [-0.15, -0.1) is 0 Å². The minimum absolute atomic E-state index is 0.858. The zero-order chi connectivity index (χ0) is 24.8. The summed E-state index contributed by atoms with van der Waals surface area (Å²) in [5, 5.41) is 7.54. The molecule has 2 aromatic heterocycles. The second-order valence-electron chi connectivity index (χ2n) is 10.3. The highest BCUT2D eigenvalue weighted by Gasteiger charge is 2.26. The summed E-state index contributed by atoms with van der Waals surface area (Å²) in [4.78, 5) is 14.6. The lowest BCUT2D eigenvalue weighted by Crippen LogP contribution is -2.13. The van der Waals surface area contributed by atoms with Crippen molar-refractivity contribution in [1.29, 1.82) is 0 Å². The van der Waals surface area contributed by atoms with Crippen LogP contribution in [0.25, 0.3) is 43.4 Å². The average molecular weight is 487 g/mol. The van der Waals surface area contributed by atoms with Crippen LogP contribution in [0.3, 0.4) is 0 Å². The molecule has 0 N–H and O–H groups in total. The smallest absolute Gasteiger partial charge is 0.0986 e. The predicted molar refractivity (Wildman–Crippen MR) is 157 cm³/mol. The highest BCUT2D eigenvalue weighted by Crippen LogP contribution is 2.46. The molecule has 7 aromatic rings. The van der Waals surface area contributed by atoms with Crippen LogP contribution in [0.1, 0.15) is 11.1 Å². The first kappa shape index (κ1) is 20.1. The number of rotatable bonds is 2. The van der Waals surface area contributed by atoms with Crippen LogP contribution in [0.2, 0.25) is 0 Å². The summed E-state index contributed by atoms with van der Waals surface area (Å²) in [6.45, 7) is 1.72. The normalized spacial score (nSPS) is 14.0. The lowest BCUT2D eigenvalue weighted by molar-refractivity contribution is 1.03. The number of fused-ring (bicyclic) bond motifs is 3. The molecule has 4 heterocycles. The molecule has 0 bridgehead atoms. The molecule has 178 valence electrons. The molecular formula is C34H22N4. The molecule has 0 saturated carbocycles. The van der Waals surface area contributed by atoms with E-state index >= 15 is 0 Å².